The number of aromatic nitrogens is 1. The minimum atomic E-state index is -1.15. The van der Waals surface area contributed by atoms with E-state index in [1.807, 2.05) is 31.3 Å². The zero-order valence-electron chi connectivity index (χ0n) is 37.8. The van der Waals surface area contributed by atoms with Gasteiger partial charge in [-0.15, -0.1) is 11.6 Å². The highest BCUT2D eigenvalue weighted by Crippen LogP contribution is 2.43. The number of carbonyl (C=O) groups is 8. The lowest BCUT2D eigenvalue weighted by Crippen LogP contribution is -2.48. The molecule has 0 unspecified atom stereocenters. The summed E-state index contributed by atoms with van der Waals surface area (Å²) in [5, 5.41) is 19.7. The topological polar surface area (TPSA) is 231 Å². The van der Waals surface area contributed by atoms with Crippen LogP contribution in [0.25, 0.3) is 21.7 Å². The maximum absolute atomic E-state index is 14.4. The molecule has 1 fully saturated rings. The molecule has 5 aromatic rings. The molecular weight excluding hydrogens is 908 g/mol. The van der Waals surface area contributed by atoms with Crippen molar-refractivity contribution in [2.24, 2.45) is 0 Å². The lowest BCUT2D eigenvalue weighted by atomic mass is 10.0. The van der Waals surface area contributed by atoms with Gasteiger partial charge < -0.3 is 45.5 Å². The van der Waals surface area contributed by atoms with Gasteiger partial charge in [0, 0.05) is 103 Å². The lowest BCUT2D eigenvalue weighted by molar-refractivity contribution is -0.138. The third kappa shape index (κ3) is 11.1. The molecule has 0 spiro atoms. The summed E-state index contributed by atoms with van der Waals surface area (Å²) in [7, 11) is 2.01. The molecule has 3 aliphatic rings. The molecule has 0 bridgehead atoms. The molecule has 8 rings (SSSR count). The third-order valence-corrected chi connectivity index (χ3v) is 12.9. The number of imide groups is 1. The Hall–Kier alpha value is -7.57. The molecule has 4 aromatic carbocycles. The van der Waals surface area contributed by atoms with Crippen LogP contribution in [0.2, 0.25) is 0 Å². The summed E-state index contributed by atoms with van der Waals surface area (Å²) in [6.07, 6.45) is 3.47. The quantitative estimate of drug-likeness (QED) is 0.0418. The average Bonchev–Trinajstić information content (AvgIpc) is 4.04. The van der Waals surface area contributed by atoms with E-state index in [9.17, 15) is 43.5 Å². The van der Waals surface area contributed by atoms with Crippen LogP contribution in [0, 0.1) is 0 Å². The number of hydrogen-bond donors (Lipinski definition) is 5. The maximum Gasteiger partial charge on any atom is 0.415 e. The number of carbonyl (C=O) groups excluding carboxylic acids is 7. The molecule has 5 N–H and O–H groups in total. The second-order valence-corrected chi connectivity index (χ2v) is 17.6. The number of fused-ring (bicyclic) bond motifs is 4. The van der Waals surface area contributed by atoms with Crippen molar-refractivity contribution in [1.82, 2.24) is 25.0 Å². The first-order chi connectivity index (χ1) is 33.3. The Labute approximate surface area is 401 Å². The first kappa shape index (κ1) is 47.9. The Bertz CT molecular complexity index is 2860. The van der Waals surface area contributed by atoms with Gasteiger partial charge >= 0.3 is 12.1 Å². The first-order valence-corrected chi connectivity index (χ1v) is 23.3. The fourth-order valence-corrected chi connectivity index (χ4v) is 9.00. The largest absolute Gasteiger partial charge is 0.481 e. The van der Waals surface area contributed by atoms with Crippen LogP contribution in [0.5, 0.6) is 5.75 Å². The van der Waals surface area contributed by atoms with Gasteiger partial charge in [-0.05, 0) is 92.2 Å². The highest BCUT2D eigenvalue weighted by molar-refractivity contribution is 6.20. The molecule has 4 heterocycles. The third-order valence-electron chi connectivity index (χ3n) is 12.5. The number of aromatic amines is 1. The molecule has 2 atom stereocenters. The van der Waals surface area contributed by atoms with Crippen LogP contribution in [0.3, 0.4) is 0 Å². The summed E-state index contributed by atoms with van der Waals surface area (Å²) in [4.78, 5) is 112. The molecule has 18 nitrogen and oxygen atoms in total. The van der Waals surface area contributed by atoms with Crippen LogP contribution in [0.15, 0.2) is 91.0 Å². The van der Waals surface area contributed by atoms with Gasteiger partial charge in [-0.3, -0.25) is 38.5 Å². The normalized spacial score (nSPS) is 16.2. The van der Waals surface area contributed by atoms with Crippen LogP contribution in [0.4, 0.5) is 21.9 Å². The number of likely N-dealkylation sites (N-methyl/N-ethyl adjacent to an activating group) is 1. The van der Waals surface area contributed by atoms with E-state index in [1.165, 1.54) is 36.4 Å². The fourth-order valence-electron chi connectivity index (χ4n) is 8.75. The smallest absolute Gasteiger partial charge is 0.415 e. The minimum Gasteiger partial charge on any atom is -0.481 e. The van der Waals surface area contributed by atoms with Crippen molar-refractivity contribution >= 4 is 97.8 Å². The Morgan fingerprint density at radius 2 is 1.54 bits per heavy atom. The summed E-state index contributed by atoms with van der Waals surface area (Å²) < 4.78 is 6.04. The molecule has 69 heavy (non-hydrogen) atoms. The van der Waals surface area contributed by atoms with E-state index in [1.54, 1.807) is 40.1 Å². The van der Waals surface area contributed by atoms with Crippen molar-refractivity contribution in [3.05, 3.63) is 108 Å². The Kier molecular flexibility index (Phi) is 14.7. The van der Waals surface area contributed by atoms with E-state index in [4.69, 9.17) is 16.3 Å². The summed E-state index contributed by atoms with van der Waals surface area (Å²) >= 11 is 6.53. The van der Waals surface area contributed by atoms with E-state index in [0.717, 1.165) is 34.3 Å². The van der Waals surface area contributed by atoms with Crippen molar-refractivity contribution < 1.29 is 48.2 Å². The molecule has 1 saturated heterocycles. The zero-order valence-corrected chi connectivity index (χ0v) is 38.6. The molecule has 19 heteroatoms. The Morgan fingerprint density at radius 1 is 0.826 bits per heavy atom. The van der Waals surface area contributed by atoms with Crippen LogP contribution in [-0.4, -0.2) is 130 Å². The summed E-state index contributed by atoms with van der Waals surface area (Å²) in [6, 6.07) is 20.8. The van der Waals surface area contributed by atoms with E-state index in [2.05, 4.69) is 25.8 Å². The summed E-state index contributed by atoms with van der Waals surface area (Å²) in [6.45, 7) is 2.80. The number of alkyl halides is 1. The standard InChI is InChI=1S/C50H51ClN8O10/c1-56-21-23-57(24-22-56)50(68)69-42-28-41-37(35-7-4-5-8-36(35)42)27-34(29-51)59(41)49(67)40-26-31-25-33(14-15-38(31)54-40)53-47(65)30-10-12-32(13-11-30)52-48(66)39(16-19-46(63)64)55-43(60)9-3-2-6-20-58-44(61)17-18-45(58)62/h4-5,7-8,10-15,17-18,25-26,28,34,39,54H,2-3,6,9,16,19-24,27,29H2,1H3,(H,52,66)(H,53,65)(H,55,60)(H,63,64)/t34-,39-/m0/s1. The number of H-pyrrole nitrogens is 1. The summed E-state index contributed by atoms with van der Waals surface area (Å²) in [5.41, 5.74) is 3.52. The molecule has 3 aliphatic heterocycles. The minimum absolute atomic E-state index is 0.0528. The van der Waals surface area contributed by atoms with E-state index < -0.39 is 35.8 Å². The number of ether oxygens (including phenoxy) is 1. The van der Waals surface area contributed by atoms with Crippen molar-refractivity contribution in [3.63, 3.8) is 0 Å². The van der Waals surface area contributed by atoms with Gasteiger partial charge in [0.25, 0.3) is 23.6 Å². The number of amides is 7. The monoisotopic (exact) mass is 958 g/mol. The second-order valence-electron chi connectivity index (χ2n) is 17.3. The number of carboxylic acid groups (broad SMARTS) is 1. The predicted molar refractivity (Wildman–Crippen MR) is 259 cm³/mol. The van der Waals surface area contributed by atoms with Gasteiger partial charge in [0.05, 0.1) is 11.7 Å². The van der Waals surface area contributed by atoms with E-state index in [0.29, 0.717) is 78.2 Å². The van der Waals surface area contributed by atoms with Gasteiger partial charge in [-0.1, -0.05) is 30.7 Å². The van der Waals surface area contributed by atoms with Crippen molar-refractivity contribution in [1.29, 1.82) is 0 Å². The summed E-state index contributed by atoms with van der Waals surface area (Å²) in [5.74, 6) is -3.23. The number of nitrogens with zero attached hydrogens (tertiary/aromatic N) is 4. The highest BCUT2D eigenvalue weighted by atomic mass is 35.5. The number of nitrogens with one attached hydrogen (secondary N) is 4. The molecule has 358 valence electrons. The number of rotatable bonds is 17. The Balaban J connectivity index is 0.890. The zero-order chi connectivity index (χ0) is 48.8. The molecule has 0 aliphatic carbocycles. The SMILES string of the molecule is CN1CCN(C(=O)Oc2cc3c(c4ccccc24)C[C@@H](CCl)N3C(=O)c2cc3cc(NC(=O)c4ccc(NC(=O)[C@H](CCC(=O)O)NC(=O)CCCCCN5C(=O)C=CC5=O)cc4)ccc3[nH]2)CC1. The predicted octanol–water partition coefficient (Wildman–Crippen LogP) is 5.90. The number of piperazine rings is 1. The second kappa shape index (κ2) is 21.2. The van der Waals surface area contributed by atoms with E-state index in [-0.39, 0.29) is 61.0 Å². The van der Waals surface area contributed by atoms with Gasteiger partial charge in [-0.2, -0.15) is 0 Å². The highest BCUT2D eigenvalue weighted by Gasteiger charge is 2.37. The number of anilines is 3. The van der Waals surface area contributed by atoms with Crippen molar-refractivity contribution in [2.45, 2.75) is 57.0 Å². The van der Waals surface area contributed by atoms with Gasteiger partial charge in [0.1, 0.15) is 17.5 Å². The maximum atomic E-state index is 14.4. The number of unbranched alkanes of at least 4 members (excludes halogenated alkanes) is 2. The van der Waals surface area contributed by atoms with Crippen molar-refractivity contribution in [2.75, 3.05) is 61.2 Å². The van der Waals surface area contributed by atoms with Crippen molar-refractivity contribution in [3.8, 4) is 5.75 Å². The van der Waals surface area contributed by atoms with Gasteiger partial charge in [0.15, 0.2) is 0 Å². The molecule has 1 aromatic heterocycles. The Morgan fingerprint density at radius 3 is 2.25 bits per heavy atom. The van der Waals surface area contributed by atoms with Crippen LogP contribution in [0.1, 0.15) is 64.9 Å². The molecule has 7 amide bonds. The lowest BCUT2D eigenvalue weighted by Gasteiger charge is -2.31. The molecular formula is C50H51ClN8O10. The average molecular weight is 959 g/mol. The number of hydrogen-bond acceptors (Lipinski definition) is 10. The number of carboxylic acids is 1. The fraction of sp³-hybridized carbons (Fsp3) is 0.320. The van der Waals surface area contributed by atoms with Crippen LogP contribution < -0.4 is 25.6 Å². The van der Waals surface area contributed by atoms with Crippen LogP contribution in [-0.2, 0) is 30.4 Å². The van der Waals surface area contributed by atoms with Gasteiger partial charge in [0.2, 0.25) is 11.8 Å². The molecule has 0 radical (unpaired) electrons. The first-order valence-electron chi connectivity index (χ1n) is 22.8. The van der Waals surface area contributed by atoms with Gasteiger partial charge in [-0.25, -0.2) is 4.79 Å². The number of aliphatic carboxylic acids is 1. The van der Waals surface area contributed by atoms with Crippen LogP contribution >= 0.6 is 11.6 Å². The molecule has 0 saturated carbocycles. The number of halogens is 1. The van der Waals surface area contributed by atoms with E-state index >= 15 is 0 Å². The number of benzene rings is 4.